The second-order valence-electron chi connectivity index (χ2n) is 16.9. The van der Waals surface area contributed by atoms with Gasteiger partial charge in [-0.15, -0.1) is 11.3 Å². The second-order valence-corrected chi connectivity index (χ2v) is 18.0. The van der Waals surface area contributed by atoms with Crippen LogP contribution in [0.3, 0.4) is 0 Å². The van der Waals surface area contributed by atoms with Gasteiger partial charge in [-0.3, -0.25) is 0 Å². The van der Waals surface area contributed by atoms with Crippen molar-refractivity contribution in [2.24, 2.45) is 0 Å². The maximum absolute atomic E-state index is 5.39. The molecule has 0 atom stereocenters. The van der Waals surface area contributed by atoms with E-state index in [1.54, 1.807) is 0 Å². The van der Waals surface area contributed by atoms with E-state index in [4.69, 9.17) is 9.97 Å². The molecule has 0 aliphatic heterocycles. The van der Waals surface area contributed by atoms with Crippen LogP contribution in [0.1, 0.15) is 25.0 Å². The zero-order chi connectivity index (χ0) is 41.4. The van der Waals surface area contributed by atoms with Crippen molar-refractivity contribution in [3.05, 3.63) is 217 Å². The third kappa shape index (κ3) is 6.00. The molecule has 0 fully saturated rings. The quantitative estimate of drug-likeness (QED) is 0.167. The summed E-state index contributed by atoms with van der Waals surface area (Å²) >= 11 is 1.87. The van der Waals surface area contributed by atoms with Crippen LogP contribution < -0.4 is 0 Å². The number of benzene rings is 9. The molecule has 9 aromatic carbocycles. The molecule has 0 N–H and O–H groups in total. The number of aromatic nitrogens is 2. The van der Waals surface area contributed by atoms with Crippen LogP contribution >= 0.6 is 11.3 Å². The first-order chi connectivity index (χ1) is 30.5. The highest BCUT2D eigenvalue weighted by Gasteiger charge is 2.37. The summed E-state index contributed by atoms with van der Waals surface area (Å²) in [4.78, 5) is 10.7. The van der Waals surface area contributed by atoms with Crippen molar-refractivity contribution in [3.8, 4) is 78.4 Å². The Morgan fingerprint density at radius 2 is 1.02 bits per heavy atom. The first-order valence-electron chi connectivity index (χ1n) is 21.3. The zero-order valence-corrected chi connectivity index (χ0v) is 35.2. The van der Waals surface area contributed by atoms with E-state index in [2.05, 4.69) is 214 Å². The van der Waals surface area contributed by atoms with Crippen molar-refractivity contribution in [1.29, 1.82) is 0 Å². The molecule has 2 nitrogen and oxygen atoms in total. The van der Waals surface area contributed by atoms with Gasteiger partial charge in [0.2, 0.25) is 0 Å². The van der Waals surface area contributed by atoms with Gasteiger partial charge in [0.05, 0.1) is 11.4 Å². The second kappa shape index (κ2) is 14.3. The molecule has 0 unspecified atom stereocenters. The van der Waals surface area contributed by atoms with Gasteiger partial charge < -0.3 is 0 Å². The van der Waals surface area contributed by atoms with Gasteiger partial charge in [0.25, 0.3) is 0 Å². The summed E-state index contributed by atoms with van der Waals surface area (Å²) in [7, 11) is 0. The number of thiophene rings is 1. The van der Waals surface area contributed by atoms with E-state index in [9.17, 15) is 0 Å². The first kappa shape index (κ1) is 36.4. The monoisotopic (exact) mass is 808 g/mol. The number of hydrogen-bond acceptors (Lipinski definition) is 3. The molecule has 2 heterocycles. The molecule has 0 spiro atoms. The maximum Gasteiger partial charge on any atom is 0.160 e. The fourth-order valence-electron chi connectivity index (χ4n) is 9.71. The summed E-state index contributed by atoms with van der Waals surface area (Å²) in [5.41, 5.74) is 17.2. The molecule has 0 bridgehead atoms. The van der Waals surface area contributed by atoms with Crippen LogP contribution in [0.5, 0.6) is 0 Å². The van der Waals surface area contributed by atoms with Crippen molar-refractivity contribution in [1.82, 2.24) is 9.97 Å². The number of rotatable bonds is 6. The van der Waals surface area contributed by atoms with Crippen LogP contribution in [0.15, 0.2) is 206 Å². The minimum absolute atomic E-state index is 0.194. The molecule has 2 aromatic heterocycles. The van der Waals surface area contributed by atoms with Crippen LogP contribution in [-0.2, 0) is 5.41 Å². The van der Waals surface area contributed by atoms with Gasteiger partial charge in [0.1, 0.15) is 0 Å². The Balaban J connectivity index is 1.07. The summed E-state index contributed by atoms with van der Waals surface area (Å²) in [5.74, 6) is 0.705. The van der Waals surface area contributed by atoms with Crippen LogP contribution in [0.2, 0.25) is 0 Å². The third-order valence-corrected chi connectivity index (χ3v) is 14.1. The van der Waals surface area contributed by atoms with Crippen molar-refractivity contribution < 1.29 is 0 Å². The average Bonchev–Trinajstić information content (AvgIpc) is 3.83. The topological polar surface area (TPSA) is 25.8 Å². The fraction of sp³-hybridized carbons (Fsp3) is 0.0508. The van der Waals surface area contributed by atoms with Crippen LogP contribution in [0.4, 0.5) is 0 Å². The summed E-state index contributed by atoms with van der Waals surface area (Å²) in [6, 6.07) is 74.9. The molecule has 0 amide bonds. The van der Waals surface area contributed by atoms with E-state index in [-0.39, 0.29) is 5.41 Å². The minimum Gasteiger partial charge on any atom is -0.228 e. The molecule has 1 aliphatic carbocycles. The first-order valence-corrected chi connectivity index (χ1v) is 22.1. The average molecular weight is 809 g/mol. The highest BCUT2D eigenvalue weighted by molar-refractivity contribution is 7.26. The Hall–Kier alpha value is -7.46. The van der Waals surface area contributed by atoms with E-state index in [0.717, 1.165) is 39.2 Å². The van der Waals surface area contributed by atoms with Crippen LogP contribution in [0, 0.1) is 0 Å². The van der Waals surface area contributed by atoms with E-state index in [1.165, 1.54) is 75.5 Å². The van der Waals surface area contributed by atoms with Crippen molar-refractivity contribution in [2.45, 2.75) is 19.3 Å². The van der Waals surface area contributed by atoms with Gasteiger partial charge in [-0.1, -0.05) is 178 Å². The molecule has 1 aliphatic rings. The van der Waals surface area contributed by atoms with E-state index in [1.807, 2.05) is 17.4 Å². The normalized spacial score (nSPS) is 12.8. The number of fused-ring (bicyclic) bond motifs is 7. The molecule has 292 valence electrons. The number of nitrogens with zero attached hydrogens (tertiary/aromatic N) is 2. The summed E-state index contributed by atoms with van der Waals surface area (Å²) < 4.78 is 2.59. The lowest BCUT2D eigenvalue weighted by molar-refractivity contribution is 0.660. The molecular formula is C59H40N2S. The predicted octanol–water partition coefficient (Wildman–Crippen LogP) is 16.3. The van der Waals surface area contributed by atoms with Gasteiger partial charge in [0, 0.05) is 42.3 Å². The van der Waals surface area contributed by atoms with Gasteiger partial charge in [-0.25, -0.2) is 9.97 Å². The highest BCUT2D eigenvalue weighted by Crippen LogP contribution is 2.53. The molecule has 0 saturated heterocycles. The SMILES string of the molecule is CC1(C)c2cc(-c3cc(-c4cc(-c5ccc6ccccc6c5)cc(-c5cccc6c5sc5ccccc56)c4)nc(-c4ccccc4)n3)ccc2-c2c(-c3ccccc3)cccc21. The van der Waals surface area contributed by atoms with E-state index < -0.39 is 0 Å². The van der Waals surface area contributed by atoms with Gasteiger partial charge in [0.15, 0.2) is 5.82 Å². The van der Waals surface area contributed by atoms with Gasteiger partial charge in [-0.05, 0) is 109 Å². The lowest BCUT2D eigenvalue weighted by atomic mass is 9.81. The molecule has 62 heavy (non-hydrogen) atoms. The molecule has 11 aromatic rings. The molecule has 12 rings (SSSR count). The summed E-state index contributed by atoms with van der Waals surface area (Å²) in [6.07, 6.45) is 0. The highest BCUT2D eigenvalue weighted by atomic mass is 32.1. The Kier molecular flexibility index (Phi) is 8.41. The molecule has 0 saturated carbocycles. The van der Waals surface area contributed by atoms with E-state index in [0.29, 0.717) is 5.82 Å². The Morgan fingerprint density at radius 3 is 1.85 bits per heavy atom. The largest absolute Gasteiger partial charge is 0.228 e. The lowest BCUT2D eigenvalue weighted by Gasteiger charge is -2.22. The van der Waals surface area contributed by atoms with Crippen LogP contribution in [0.25, 0.3) is 109 Å². The van der Waals surface area contributed by atoms with Crippen LogP contribution in [-0.4, -0.2) is 9.97 Å². The van der Waals surface area contributed by atoms with E-state index >= 15 is 0 Å². The summed E-state index contributed by atoms with van der Waals surface area (Å²) in [6.45, 7) is 4.71. The smallest absolute Gasteiger partial charge is 0.160 e. The Labute approximate surface area is 365 Å². The standard InChI is InChI=1S/C59H40N2S/c1-59(2)51-25-14-22-46(38-16-5-3-6-17-38)56(51)50-30-29-42(35-52(50)59)53-36-54(61-58(60-53)39-18-7-4-8-19-39)45-33-43(41-28-27-37-15-9-10-20-40(37)31-41)32-44(34-45)47-23-13-24-49-48-21-11-12-26-55(48)62-57(47)49/h3-36H,1-2H3. The van der Waals surface area contributed by atoms with Crippen molar-refractivity contribution >= 4 is 42.3 Å². The maximum atomic E-state index is 5.39. The van der Waals surface area contributed by atoms with Gasteiger partial charge in [-0.2, -0.15) is 0 Å². The molecule has 3 heteroatoms. The third-order valence-electron chi connectivity index (χ3n) is 12.9. The predicted molar refractivity (Wildman–Crippen MR) is 263 cm³/mol. The Morgan fingerprint density at radius 1 is 0.371 bits per heavy atom. The molecular weight excluding hydrogens is 769 g/mol. The Bertz CT molecular complexity index is 3540. The fourth-order valence-corrected chi connectivity index (χ4v) is 10.9. The zero-order valence-electron chi connectivity index (χ0n) is 34.4. The summed E-state index contributed by atoms with van der Waals surface area (Å²) in [5, 5.41) is 5.03. The minimum atomic E-state index is -0.194. The molecule has 0 radical (unpaired) electrons. The van der Waals surface area contributed by atoms with Crippen molar-refractivity contribution in [3.63, 3.8) is 0 Å². The van der Waals surface area contributed by atoms with Gasteiger partial charge >= 0.3 is 0 Å². The number of hydrogen-bond donors (Lipinski definition) is 0. The van der Waals surface area contributed by atoms with Crippen molar-refractivity contribution in [2.75, 3.05) is 0 Å². The lowest BCUT2D eigenvalue weighted by Crippen LogP contribution is -2.15.